The number of nitrogens with one attached hydrogen (secondary N) is 1. The Morgan fingerprint density at radius 2 is 2.26 bits per heavy atom. The Morgan fingerprint density at radius 1 is 1.47 bits per heavy atom. The van der Waals surface area contributed by atoms with E-state index in [1.807, 2.05) is 13.2 Å². The van der Waals surface area contributed by atoms with Crippen molar-refractivity contribution in [2.24, 2.45) is 7.05 Å². The molecule has 0 atom stereocenters. The van der Waals surface area contributed by atoms with E-state index < -0.39 is 10.0 Å². The van der Waals surface area contributed by atoms with E-state index >= 15 is 0 Å². The second-order valence-electron chi connectivity index (χ2n) is 4.07. The predicted octanol–water partition coefficient (Wildman–Crippen LogP) is -0.0817. The van der Waals surface area contributed by atoms with Crippen LogP contribution in [0.5, 0.6) is 0 Å². The second kappa shape index (κ2) is 5.37. The summed E-state index contributed by atoms with van der Waals surface area (Å²) in [6.45, 7) is 0.268. The normalized spacial score (nSPS) is 11.6. The third kappa shape index (κ3) is 3.30. The van der Waals surface area contributed by atoms with Crippen LogP contribution in [0.2, 0.25) is 0 Å². The van der Waals surface area contributed by atoms with Crippen LogP contribution in [0.3, 0.4) is 0 Å². The molecule has 3 N–H and O–H groups in total. The number of anilines is 1. The number of nitrogens with zero attached hydrogens (tertiary/aromatic N) is 3. The fourth-order valence-corrected chi connectivity index (χ4v) is 2.71. The SMILES string of the molecule is Cn1cc(CCNS(=O)(=O)c2ncccc2N)cn1. The molecule has 2 rings (SSSR count). The molecule has 2 aromatic heterocycles. The van der Waals surface area contributed by atoms with Gasteiger partial charge in [-0.3, -0.25) is 4.68 Å². The molecule has 0 aromatic carbocycles. The number of rotatable bonds is 5. The minimum absolute atomic E-state index is 0.136. The van der Waals surface area contributed by atoms with Crippen LogP contribution < -0.4 is 10.5 Å². The van der Waals surface area contributed by atoms with E-state index in [4.69, 9.17) is 5.73 Å². The van der Waals surface area contributed by atoms with Crippen LogP contribution in [-0.2, 0) is 23.5 Å². The van der Waals surface area contributed by atoms with Gasteiger partial charge in [0.15, 0.2) is 5.03 Å². The van der Waals surface area contributed by atoms with Crippen LogP contribution in [0.4, 0.5) is 5.69 Å². The number of pyridine rings is 1. The average molecular weight is 281 g/mol. The van der Waals surface area contributed by atoms with Gasteiger partial charge in [-0.05, 0) is 24.1 Å². The highest BCUT2D eigenvalue weighted by molar-refractivity contribution is 7.89. The van der Waals surface area contributed by atoms with Gasteiger partial charge in [-0.2, -0.15) is 5.10 Å². The molecule has 0 amide bonds. The molecule has 2 heterocycles. The van der Waals surface area contributed by atoms with Crippen molar-refractivity contribution in [3.63, 3.8) is 0 Å². The van der Waals surface area contributed by atoms with Crippen LogP contribution in [0.15, 0.2) is 35.7 Å². The van der Waals surface area contributed by atoms with Crippen LogP contribution in [0.1, 0.15) is 5.56 Å². The van der Waals surface area contributed by atoms with Gasteiger partial charge in [0.2, 0.25) is 0 Å². The summed E-state index contributed by atoms with van der Waals surface area (Å²) in [5, 5.41) is 3.87. The van der Waals surface area contributed by atoms with E-state index in [1.54, 1.807) is 16.9 Å². The first-order valence-corrected chi connectivity index (χ1v) is 7.15. The lowest BCUT2D eigenvalue weighted by molar-refractivity contribution is 0.578. The Labute approximate surface area is 111 Å². The zero-order valence-electron chi connectivity index (χ0n) is 10.4. The summed E-state index contributed by atoms with van der Waals surface area (Å²) in [4.78, 5) is 3.79. The fourth-order valence-electron chi connectivity index (χ4n) is 1.63. The van der Waals surface area contributed by atoms with Crippen molar-refractivity contribution in [1.82, 2.24) is 19.5 Å². The number of hydrogen-bond acceptors (Lipinski definition) is 5. The largest absolute Gasteiger partial charge is 0.396 e. The maximum absolute atomic E-state index is 12.0. The summed E-state index contributed by atoms with van der Waals surface area (Å²) in [5.74, 6) is 0. The smallest absolute Gasteiger partial charge is 0.260 e. The Morgan fingerprint density at radius 3 is 2.89 bits per heavy atom. The molecular weight excluding hydrogens is 266 g/mol. The zero-order chi connectivity index (χ0) is 13.9. The molecule has 0 aliphatic heterocycles. The van der Waals surface area contributed by atoms with Crippen molar-refractivity contribution in [1.29, 1.82) is 0 Å². The van der Waals surface area contributed by atoms with E-state index in [1.165, 1.54) is 12.3 Å². The maximum atomic E-state index is 12.0. The molecule has 0 unspecified atom stereocenters. The van der Waals surface area contributed by atoms with E-state index in [0.29, 0.717) is 6.42 Å². The van der Waals surface area contributed by atoms with Crippen LogP contribution >= 0.6 is 0 Å². The van der Waals surface area contributed by atoms with Crippen molar-refractivity contribution in [3.05, 3.63) is 36.3 Å². The summed E-state index contributed by atoms with van der Waals surface area (Å²) < 4.78 is 28.1. The molecule has 0 radical (unpaired) electrons. The molecule has 0 aliphatic rings. The molecular formula is C11H15N5O2S. The van der Waals surface area contributed by atoms with E-state index in [-0.39, 0.29) is 17.3 Å². The summed E-state index contributed by atoms with van der Waals surface area (Å²) in [7, 11) is -1.86. The topological polar surface area (TPSA) is 103 Å². The molecule has 2 aromatic rings. The molecule has 0 fully saturated rings. The van der Waals surface area contributed by atoms with Gasteiger partial charge in [0.25, 0.3) is 10.0 Å². The van der Waals surface area contributed by atoms with Gasteiger partial charge in [0, 0.05) is 26.0 Å². The fraction of sp³-hybridized carbons (Fsp3) is 0.273. The van der Waals surface area contributed by atoms with Crippen LogP contribution in [0, 0.1) is 0 Å². The average Bonchev–Trinajstić information content (AvgIpc) is 2.75. The monoisotopic (exact) mass is 281 g/mol. The van der Waals surface area contributed by atoms with E-state index in [0.717, 1.165) is 5.56 Å². The Hall–Kier alpha value is -1.93. The number of aromatic nitrogens is 3. The number of nitrogens with two attached hydrogens (primary N) is 1. The highest BCUT2D eigenvalue weighted by atomic mass is 32.2. The third-order valence-electron chi connectivity index (χ3n) is 2.52. The quantitative estimate of drug-likeness (QED) is 0.798. The number of aryl methyl sites for hydroxylation is 1. The lowest BCUT2D eigenvalue weighted by Crippen LogP contribution is -2.27. The zero-order valence-corrected chi connectivity index (χ0v) is 11.3. The molecule has 0 saturated heterocycles. The third-order valence-corrected chi connectivity index (χ3v) is 3.95. The van der Waals surface area contributed by atoms with Gasteiger partial charge >= 0.3 is 0 Å². The standard InChI is InChI=1S/C11H15N5O2S/c1-16-8-9(7-14-16)4-6-15-19(17,18)11-10(12)3-2-5-13-11/h2-3,5,7-8,15H,4,6,12H2,1H3. The van der Waals surface area contributed by atoms with Crippen LogP contribution in [0.25, 0.3) is 0 Å². The second-order valence-corrected chi connectivity index (χ2v) is 5.75. The van der Waals surface area contributed by atoms with Crippen LogP contribution in [-0.4, -0.2) is 29.7 Å². The van der Waals surface area contributed by atoms with Gasteiger partial charge in [-0.25, -0.2) is 18.1 Å². The van der Waals surface area contributed by atoms with E-state index in [2.05, 4.69) is 14.8 Å². The van der Waals surface area contributed by atoms with Crippen molar-refractivity contribution in [2.45, 2.75) is 11.4 Å². The number of hydrogen-bond donors (Lipinski definition) is 2. The molecule has 8 heteroatoms. The lowest BCUT2D eigenvalue weighted by Gasteiger charge is -2.07. The molecule has 0 spiro atoms. The summed E-state index contributed by atoms with van der Waals surface area (Å²) in [6, 6.07) is 3.09. The molecule has 102 valence electrons. The summed E-state index contributed by atoms with van der Waals surface area (Å²) in [5.41, 5.74) is 6.69. The molecule has 0 bridgehead atoms. The van der Waals surface area contributed by atoms with Gasteiger partial charge < -0.3 is 5.73 Å². The highest BCUT2D eigenvalue weighted by Gasteiger charge is 2.17. The van der Waals surface area contributed by atoms with Gasteiger partial charge in [-0.1, -0.05) is 0 Å². The van der Waals surface area contributed by atoms with Gasteiger partial charge in [-0.15, -0.1) is 0 Å². The number of nitrogen functional groups attached to an aromatic ring is 1. The van der Waals surface area contributed by atoms with Crippen molar-refractivity contribution in [2.75, 3.05) is 12.3 Å². The first-order valence-electron chi connectivity index (χ1n) is 5.67. The molecule has 19 heavy (non-hydrogen) atoms. The van der Waals surface area contributed by atoms with Crippen molar-refractivity contribution < 1.29 is 8.42 Å². The molecule has 0 aliphatic carbocycles. The Kier molecular flexibility index (Phi) is 3.82. The van der Waals surface area contributed by atoms with Gasteiger partial charge in [0.1, 0.15) is 0 Å². The first-order chi connectivity index (χ1) is 8.99. The Bertz CT molecular complexity index is 665. The highest BCUT2D eigenvalue weighted by Crippen LogP contribution is 2.13. The minimum atomic E-state index is -3.67. The van der Waals surface area contributed by atoms with Crippen molar-refractivity contribution >= 4 is 15.7 Å². The first kappa shape index (κ1) is 13.5. The number of sulfonamides is 1. The van der Waals surface area contributed by atoms with Crippen molar-refractivity contribution in [3.8, 4) is 0 Å². The molecule has 0 saturated carbocycles. The summed E-state index contributed by atoms with van der Waals surface area (Å²) >= 11 is 0. The minimum Gasteiger partial charge on any atom is -0.396 e. The summed E-state index contributed by atoms with van der Waals surface area (Å²) in [6.07, 6.45) is 5.48. The lowest BCUT2D eigenvalue weighted by atomic mass is 10.3. The molecule has 7 nitrogen and oxygen atoms in total. The Balaban J connectivity index is 2.01. The van der Waals surface area contributed by atoms with Gasteiger partial charge in [0.05, 0.1) is 11.9 Å². The predicted molar refractivity (Wildman–Crippen MR) is 70.7 cm³/mol. The maximum Gasteiger partial charge on any atom is 0.260 e. The van der Waals surface area contributed by atoms with E-state index in [9.17, 15) is 8.42 Å².